The Labute approximate surface area is 251 Å². The minimum absolute atomic E-state index is 0.0929. The molecule has 1 aromatic heterocycles. The van der Waals surface area contributed by atoms with Crippen LogP contribution >= 0.6 is 50.6 Å². The van der Waals surface area contributed by atoms with Crippen molar-refractivity contribution in [2.45, 2.75) is 23.1 Å². The number of aliphatic hydroxyl groups is 1. The third-order valence-corrected chi connectivity index (χ3v) is 9.07. The summed E-state index contributed by atoms with van der Waals surface area (Å²) in [7, 11) is 0. The van der Waals surface area contributed by atoms with Crippen molar-refractivity contribution >= 4 is 73.2 Å². The highest BCUT2D eigenvalue weighted by Gasteiger charge is 2.48. The Morgan fingerprint density at radius 2 is 1.88 bits per heavy atom. The number of anilines is 1. The molecule has 0 bridgehead atoms. The number of phenols is 1. The molecular formula is C28H21BrClN3O5S2. The molecule has 0 aliphatic carbocycles. The van der Waals surface area contributed by atoms with E-state index in [2.05, 4.69) is 26.1 Å². The van der Waals surface area contributed by atoms with E-state index in [1.54, 1.807) is 43.3 Å². The highest BCUT2D eigenvalue weighted by Crippen LogP contribution is 2.45. The highest BCUT2D eigenvalue weighted by molar-refractivity contribution is 9.10. The van der Waals surface area contributed by atoms with Gasteiger partial charge in [0.15, 0.2) is 15.8 Å². The molecule has 0 radical (unpaired) electrons. The van der Waals surface area contributed by atoms with Gasteiger partial charge < -0.3 is 14.9 Å². The Kier molecular flexibility index (Phi) is 8.46. The molecule has 1 amide bonds. The van der Waals surface area contributed by atoms with E-state index in [1.807, 2.05) is 24.3 Å². The Hall–Kier alpha value is -3.38. The van der Waals surface area contributed by atoms with E-state index in [1.165, 1.54) is 22.7 Å². The standard InChI is InChI=1S/C28H21BrClN3O5S2/c1-2-38-21-13-16(9-12-20(21)34)23-22(24(35)15-7-10-18(29)11-8-15)25(36)26(37)33(23)27-31-32-28(40-27)39-14-17-5-3-4-6-19(17)30/h3-13,23,34-35H,2,14H2,1H3/b24-22-. The first-order valence-corrected chi connectivity index (χ1v) is 15.0. The smallest absolute Gasteiger partial charge is 0.301 e. The summed E-state index contributed by atoms with van der Waals surface area (Å²) in [6.07, 6.45) is 0. The van der Waals surface area contributed by atoms with Crippen LogP contribution in [0.5, 0.6) is 11.5 Å². The molecule has 4 aromatic rings. The topological polar surface area (TPSA) is 113 Å². The van der Waals surface area contributed by atoms with E-state index in [0.29, 0.717) is 32.8 Å². The fraction of sp³-hybridized carbons (Fsp3) is 0.143. The van der Waals surface area contributed by atoms with Crippen molar-refractivity contribution < 1.29 is 24.5 Å². The van der Waals surface area contributed by atoms with Gasteiger partial charge in [0, 0.05) is 20.8 Å². The van der Waals surface area contributed by atoms with Crippen LogP contribution < -0.4 is 9.64 Å². The number of ether oxygens (including phenoxy) is 1. The van der Waals surface area contributed by atoms with Gasteiger partial charge in [-0.1, -0.05) is 87.0 Å². The quantitative estimate of drug-likeness (QED) is 0.0686. The van der Waals surface area contributed by atoms with Crippen LogP contribution in [0.15, 0.2) is 81.1 Å². The van der Waals surface area contributed by atoms with Gasteiger partial charge in [-0.15, -0.1) is 10.2 Å². The first kappa shape index (κ1) is 28.2. The maximum Gasteiger partial charge on any atom is 0.301 e. The number of phenolic OH excluding ortho intramolecular Hbond substituents is 1. The third kappa shape index (κ3) is 5.60. The number of thioether (sulfide) groups is 1. The summed E-state index contributed by atoms with van der Waals surface area (Å²) < 4.78 is 6.91. The van der Waals surface area contributed by atoms with E-state index in [9.17, 15) is 19.8 Å². The molecule has 204 valence electrons. The van der Waals surface area contributed by atoms with Crippen molar-refractivity contribution in [3.8, 4) is 11.5 Å². The van der Waals surface area contributed by atoms with Crippen LogP contribution in [0.4, 0.5) is 5.13 Å². The number of carbonyl (C=O) groups is 2. The van der Waals surface area contributed by atoms with Crippen molar-refractivity contribution in [2.75, 3.05) is 11.5 Å². The largest absolute Gasteiger partial charge is 0.507 e. The van der Waals surface area contributed by atoms with Crippen LogP contribution in [0, 0.1) is 0 Å². The van der Waals surface area contributed by atoms with E-state index in [0.717, 1.165) is 21.4 Å². The molecule has 1 aliphatic rings. The molecule has 1 fully saturated rings. The first-order valence-electron chi connectivity index (χ1n) is 12.0. The summed E-state index contributed by atoms with van der Waals surface area (Å²) in [5.41, 5.74) is 1.62. The molecule has 1 atom stereocenters. The lowest BCUT2D eigenvalue weighted by Crippen LogP contribution is -2.29. The Morgan fingerprint density at radius 1 is 1.12 bits per heavy atom. The Morgan fingerprint density at radius 3 is 2.60 bits per heavy atom. The average Bonchev–Trinajstić information content (AvgIpc) is 3.51. The minimum atomic E-state index is -1.04. The van der Waals surface area contributed by atoms with Gasteiger partial charge in [0.05, 0.1) is 18.2 Å². The van der Waals surface area contributed by atoms with E-state index < -0.39 is 17.7 Å². The molecular weight excluding hydrogens is 638 g/mol. The van der Waals surface area contributed by atoms with Gasteiger partial charge in [-0.2, -0.15) is 0 Å². The van der Waals surface area contributed by atoms with Gasteiger partial charge in [-0.3, -0.25) is 14.5 Å². The van der Waals surface area contributed by atoms with Crippen molar-refractivity contribution in [3.63, 3.8) is 0 Å². The maximum absolute atomic E-state index is 13.5. The SMILES string of the molecule is CCOc1cc(C2/C(=C(/O)c3ccc(Br)cc3)C(=O)C(=O)N2c2nnc(SCc3ccccc3Cl)s2)ccc1O. The average molecular weight is 659 g/mol. The highest BCUT2D eigenvalue weighted by atomic mass is 79.9. The van der Waals surface area contributed by atoms with Crippen LogP contribution in [0.3, 0.4) is 0 Å². The summed E-state index contributed by atoms with van der Waals surface area (Å²) in [5, 5.41) is 30.9. The van der Waals surface area contributed by atoms with Gasteiger partial charge in [-0.25, -0.2) is 0 Å². The molecule has 12 heteroatoms. The predicted molar refractivity (Wildman–Crippen MR) is 159 cm³/mol. The molecule has 3 aromatic carbocycles. The number of halogens is 2. The van der Waals surface area contributed by atoms with Crippen molar-refractivity contribution in [3.05, 3.63) is 98.5 Å². The van der Waals surface area contributed by atoms with E-state index >= 15 is 0 Å². The second kappa shape index (κ2) is 12.0. The molecule has 1 unspecified atom stereocenters. The van der Waals surface area contributed by atoms with Gasteiger partial charge in [0.2, 0.25) is 5.13 Å². The lowest BCUT2D eigenvalue weighted by molar-refractivity contribution is -0.132. The molecule has 0 spiro atoms. The predicted octanol–water partition coefficient (Wildman–Crippen LogP) is 6.98. The van der Waals surface area contributed by atoms with E-state index in [4.69, 9.17) is 16.3 Å². The summed E-state index contributed by atoms with van der Waals surface area (Å²) in [4.78, 5) is 28.1. The number of rotatable bonds is 8. The van der Waals surface area contributed by atoms with Gasteiger partial charge in [-0.05, 0) is 48.4 Å². The van der Waals surface area contributed by atoms with Crippen molar-refractivity contribution in [1.29, 1.82) is 0 Å². The Bertz CT molecular complexity index is 1630. The summed E-state index contributed by atoms with van der Waals surface area (Å²) >= 11 is 12.2. The third-order valence-electron chi connectivity index (χ3n) is 6.07. The number of aromatic nitrogens is 2. The summed E-state index contributed by atoms with van der Waals surface area (Å²) in [6, 6.07) is 17.7. The number of amides is 1. The minimum Gasteiger partial charge on any atom is -0.507 e. The van der Waals surface area contributed by atoms with Crippen molar-refractivity contribution in [2.24, 2.45) is 0 Å². The number of nitrogens with zero attached hydrogens (tertiary/aromatic N) is 3. The summed E-state index contributed by atoms with van der Waals surface area (Å²) in [6.45, 7) is 2.06. The molecule has 1 aliphatic heterocycles. The number of hydrogen-bond acceptors (Lipinski definition) is 9. The summed E-state index contributed by atoms with van der Waals surface area (Å²) in [5.74, 6) is -1.42. The zero-order chi connectivity index (χ0) is 28.4. The number of aromatic hydroxyl groups is 1. The maximum atomic E-state index is 13.5. The molecule has 5 rings (SSSR count). The van der Waals surface area contributed by atoms with Crippen LogP contribution in [-0.4, -0.2) is 38.7 Å². The number of ketones is 1. The normalized spacial score (nSPS) is 16.5. The number of benzene rings is 3. The monoisotopic (exact) mass is 657 g/mol. The van der Waals surface area contributed by atoms with Gasteiger partial charge in [0.1, 0.15) is 5.76 Å². The van der Waals surface area contributed by atoms with Crippen molar-refractivity contribution in [1.82, 2.24) is 10.2 Å². The second-order valence-electron chi connectivity index (χ2n) is 8.57. The van der Waals surface area contributed by atoms with Crippen LogP contribution in [-0.2, 0) is 15.3 Å². The fourth-order valence-corrected chi connectivity index (χ4v) is 6.61. The van der Waals surface area contributed by atoms with Crippen LogP contribution in [0.2, 0.25) is 5.02 Å². The van der Waals surface area contributed by atoms with Gasteiger partial charge >= 0.3 is 5.91 Å². The molecule has 0 saturated carbocycles. The van der Waals surface area contributed by atoms with Crippen LogP contribution in [0.25, 0.3) is 5.76 Å². The molecule has 40 heavy (non-hydrogen) atoms. The Balaban J connectivity index is 1.58. The number of carbonyl (C=O) groups excluding carboxylic acids is 2. The second-order valence-corrected chi connectivity index (χ2v) is 12.1. The molecule has 1 saturated heterocycles. The molecule has 8 nitrogen and oxygen atoms in total. The van der Waals surface area contributed by atoms with Crippen LogP contribution in [0.1, 0.15) is 29.7 Å². The number of aliphatic hydroxyl groups excluding tert-OH is 1. The zero-order valence-corrected chi connectivity index (χ0v) is 24.9. The molecule has 2 N–H and O–H groups in total. The fourth-order valence-electron chi connectivity index (χ4n) is 4.19. The number of Topliss-reactive ketones (excluding diaryl/α,β-unsaturated/α-hetero) is 1. The molecule has 2 heterocycles. The number of hydrogen-bond donors (Lipinski definition) is 2. The van der Waals surface area contributed by atoms with E-state index in [-0.39, 0.29) is 28.0 Å². The zero-order valence-electron chi connectivity index (χ0n) is 20.9. The van der Waals surface area contributed by atoms with Gasteiger partial charge in [0.25, 0.3) is 5.78 Å². The first-order chi connectivity index (χ1) is 19.3. The lowest BCUT2D eigenvalue weighted by Gasteiger charge is -2.23. The lowest BCUT2D eigenvalue weighted by atomic mass is 9.95.